The van der Waals surface area contributed by atoms with Gasteiger partial charge in [-0.2, -0.15) is 6.92 Å². The Kier molecular flexibility index (Phi) is 4.70. The Hall–Kier alpha value is -0.0766. The van der Waals surface area contributed by atoms with E-state index in [0.29, 0.717) is 6.04 Å². The van der Waals surface area contributed by atoms with E-state index in [0.717, 1.165) is 25.9 Å². The summed E-state index contributed by atoms with van der Waals surface area (Å²) in [4.78, 5) is 12.3. The Bertz CT molecular complexity index is 134. The van der Waals surface area contributed by atoms with Gasteiger partial charge in [-0.15, -0.1) is 0 Å². The van der Waals surface area contributed by atoms with E-state index in [2.05, 4.69) is 0 Å². The van der Waals surface area contributed by atoms with E-state index in [-0.39, 0.29) is 19.5 Å². The zero-order chi connectivity index (χ0) is 7.56. The minimum absolute atomic E-state index is 0. The maximum absolute atomic E-state index is 10.4. The van der Waals surface area contributed by atoms with Gasteiger partial charge in [-0.1, -0.05) is 0 Å². The van der Waals surface area contributed by atoms with Gasteiger partial charge in [0.15, 0.2) is 5.97 Å². The average Bonchev–Trinajstić information content (AvgIpc) is 2.36. The van der Waals surface area contributed by atoms with Crippen LogP contribution in [0.15, 0.2) is 0 Å². The number of carbonyl (C=O) groups is 1. The van der Waals surface area contributed by atoms with Crippen LogP contribution >= 0.6 is 0 Å². The zero-order valence-electron chi connectivity index (χ0n) is 6.46. The fourth-order valence-electron chi connectivity index (χ4n) is 1.19. The van der Waals surface area contributed by atoms with E-state index in [1.807, 2.05) is 4.90 Å². The van der Waals surface area contributed by atoms with E-state index in [1.165, 1.54) is 0 Å². The molecule has 0 saturated carbocycles. The summed E-state index contributed by atoms with van der Waals surface area (Å²) in [5.74, 6) is -0.790. The van der Waals surface area contributed by atoms with Gasteiger partial charge in [0.1, 0.15) is 0 Å². The molecule has 11 heavy (non-hydrogen) atoms. The molecule has 1 aliphatic heterocycles. The van der Waals surface area contributed by atoms with Crippen molar-refractivity contribution in [3.63, 3.8) is 0 Å². The van der Waals surface area contributed by atoms with E-state index >= 15 is 0 Å². The molecule has 0 unspecified atom stereocenters. The molecule has 0 bridgehead atoms. The number of aliphatic carboxylic acids is 1. The summed E-state index contributed by atoms with van der Waals surface area (Å²) in [6.07, 6.45) is 2.26. The van der Waals surface area contributed by atoms with Gasteiger partial charge < -0.3 is 10.0 Å². The first kappa shape index (κ1) is 10.9. The molecule has 0 atom stereocenters. The van der Waals surface area contributed by atoms with E-state index < -0.39 is 5.97 Å². The van der Waals surface area contributed by atoms with Crippen LogP contribution in [-0.4, -0.2) is 29.1 Å². The SMILES string of the molecule is C[C-](C(=O)O)N1CCCC1.[Rh]. The van der Waals surface area contributed by atoms with Crippen molar-refractivity contribution in [1.29, 1.82) is 0 Å². The molecule has 1 radical (unpaired) electrons. The summed E-state index contributed by atoms with van der Waals surface area (Å²) < 4.78 is 0. The van der Waals surface area contributed by atoms with Crippen molar-refractivity contribution >= 4 is 5.97 Å². The van der Waals surface area contributed by atoms with Crippen LogP contribution in [0.5, 0.6) is 0 Å². The first-order valence-corrected chi connectivity index (χ1v) is 3.53. The number of likely N-dealkylation sites (tertiary alicyclic amines) is 1. The van der Waals surface area contributed by atoms with Crippen molar-refractivity contribution in [2.24, 2.45) is 0 Å². The number of carboxylic acids is 1. The predicted octanol–water partition coefficient (Wildman–Crippen LogP) is 0.716. The summed E-state index contributed by atoms with van der Waals surface area (Å²) in [5, 5.41) is 8.56. The third-order valence-electron chi connectivity index (χ3n) is 1.89. The van der Waals surface area contributed by atoms with Crippen LogP contribution in [0.25, 0.3) is 0 Å². The molecule has 0 aliphatic carbocycles. The van der Waals surface area contributed by atoms with Crippen LogP contribution in [0.2, 0.25) is 0 Å². The van der Waals surface area contributed by atoms with Gasteiger partial charge >= 0.3 is 0 Å². The van der Waals surface area contributed by atoms with Crippen LogP contribution in [0.3, 0.4) is 0 Å². The third kappa shape index (κ3) is 2.80. The summed E-state index contributed by atoms with van der Waals surface area (Å²) >= 11 is 0. The molecule has 1 heterocycles. The first-order valence-electron chi connectivity index (χ1n) is 3.53. The Balaban J connectivity index is 0.000001000. The van der Waals surface area contributed by atoms with Crippen molar-refractivity contribution in [2.75, 3.05) is 13.1 Å². The Morgan fingerprint density at radius 3 is 2.27 bits per heavy atom. The number of nitrogens with zero attached hydrogens (tertiary/aromatic N) is 1. The second kappa shape index (κ2) is 4.73. The van der Waals surface area contributed by atoms with Crippen molar-refractivity contribution in [3.8, 4) is 0 Å². The van der Waals surface area contributed by atoms with Gasteiger partial charge in [0, 0.05) is 19.5 Å². The monoisotopic (exact) mass is 245 g/mol. The van der Waals surface area contributed by atoms with Gasteiger partial charge in [-0.05, 0) is 25.9 Å². The summed E-state index contributed by atoms with van der Waals surface area (Å²) in [7, 11) is 0. The molecular weight excluding hydrogens is 233 g/mol. The number of rotatable bonds is 2. The van der Waals surface area contributed by atoms with Crippen molar-refractivity contribution in [2.45, 2.75) is 19.8 Å². The summed E-state index contributed by atoms with van der Waals surface area (Å²) in [6.45, 7) is 3.49. The molecule has 1 saturated heterocycles. The third-order valence-corrected chi connectivity index (χ3v) is 1.89. The molecule has 1 fully saturated rings. The molecule has 4 heteroatoms. The normalized spacial score (nSPS) is 17.5. The van der Waals surface area contributed by atoms with Gasteiger partial charge in [0.25, 0.3) is 0 Å². The molecule has 1 N–H and O–H groups in total. The Labute approximate surface area is 79.5 Å². The maximum atomic E-state index is 10.4. The maximum Gasteiger partial charge on any atom is 0.179 e. The summed E-state index contributed by atoms with van der Waals surface area (Å²) in [6, 6.07) is 0.484. The van der Waals surface area contributed by atoms with Crippen LogP contribution in [-0.2, 0) is 24.3 Å². The quantitative estimate of drug-likeness (QED) is 0.575. The van der Waals surface area contributed by atoms with Crippen molar-refractivity contribution in [3.05, 3.63) is 6.04 Å². The van der Waals surface area contributed by atoms with Crippen molar-refractivity contribution < 1.29 is 29.4 Å². The van der Waals surface area contributed by atoms with E-state index in [9.17, 15) is 4.79 Å². The standard InChI is InChI=1S/C7H12NO2.Rh/c1-6(7(9)10)8-4-2-3-5-8;/h2-5H2,1H3,(H,9,10);/q-1;. The van der Waals surface area contributed by atoms with Crippen LogP contribution in [0.1, 0.15) is 19.8 Å². The summed E-state index contributed by atoms with van der Waals surface area (Å²) in [5.41, 5.74) is 0. The number of hydrogen-bond donors (Lipinski definition) is 1. The molecule has 1 rings (SSSR count). The van der Waals surface area contributed by atoms with Crippen molar-refractivity contribution in [1.82, 2.24) is 4.90 Å². The van der Waals surface area contributed by atoms with E-state index in [4.69, 9.17) is 5.11 Å². The first-order chi connectivity index (χ1) is 4.72. The molecule has 0 aromatic heterocycles. The molecule has 67 valence electrons. The molecule has 0 aromatic rings. The number of carboxylic acid groups (broad SMARTS) is 1. The topological polar surface area (TPSA) is 40.5 Å². The van der Waals surface area contributed by atoms with Gasteiger partial charge in [-0.3, -0.25) is 4.79 Å². The Morgan fingerprint density at radius 2 is 1.91 bits per heavy atom. The largest absolute Gasteiger partial charge is 0.502 e. The minimum Gasteiger partial charge on any atom is -0.502 e. The molecule has 3 nitrogen and oxygen atoms in total. The Morgan fingerprint density at radius 1 is 1.45 bits per heavy atom. The predicted molar refractivity (Wildman–Crippen MR) is 37.4 cm³/mol. The van der Waals surface area contributed by atoms with Gasteiger partial charge in [-0.25, -0.2) is 6.04 Å². The van der Waals surface area contributed by atoms with Crippen LogP contribution in [0.4, 0.5) is 0 Å². The second-order valence-electron chi connectivity index (χ2n) is 2.58. The molecule has 0 aromatic carbocycles. The van der Waals surface area contributed by atoms with E-state index in [1.54, 1.807) is 6.92 Å². The minimum atomic E-state index is -0.790. The smallest absolute Gasteiger partial charge is 0.179 e. The molecule has 1 aliphatic rings. The average molecular weight is 245 g/mol. The van der Waals surface area contributed by atoms with Gasteiger partial charge in [0.05, 0.1) is 0 Å². The molecule has 0 amide bonds. The van der Waals surface area contributed by atoms with Gasteiger partial charge in [0.2, 0.25) is 0 Å². The molecular formula is C7H12NO2Rh-. The van der Waals surface area contributed by atoms with Crippen LogP contribution in [0, 0.1) is 6.04 Å². The molecule has 0 spiro atoms. The fourth-order valence-corrected chi connectivity index (χ4v) is 1.19. The van der Waals surface area contributed by atoms with Crippen LogP contribution < -0.4 is 0 Å². The fraction of sp³-hybridized carbons (Fsp3) is 0.714. The second-order valence-corrected chi connectivity index (χ2v) is 2.58. The number of hydrogen-bond acceptors (Lipinski definition) is 2. The zero-order valence-corrected chi connectivity index (χ0v) is 8.10.